The van der Waals surface area contributed by atoms with Gasteiger partial charge in [-0.25, -0.2) is 0 Å². The highest BCUT2D eigenvalue weighted by Crippen LogP contribution is 2.30. The van der Waals surface area contributed by atoms with Gasteiger partial charge in [-0.1, -0.05) is 25.1 Å². The predicted octanol–water partition coefficient (Wildman–Crippen LogP) is 2.53. The number of hydrogen-bond acceptors (Lipinski definition) is 5. The summed E-state index contributed by atoms with van der Waals surface area (Å²) < 4.78 is 11.5. The molecule has 128 valence electrons. The monoisotopic (exact) mass is 346 g/mol. The number of rotatable bonds is 7. The van der Waals surface area contributed by atoms with Crippen molar-refractivity contribution >= 4 is 17.2 Å². The van der Waals surface area contributed by atoms with Crippen LogP contribution in [-0.4, -0.2) is 43.2 Å². The average molecular weight is 346 g/mol. The number of ether oxygens (including phenoxy) is 2. The molecular formula is C18H22N2O3S. The standard InChI is InChI=1S/C18H22N2O3S/c1-2-20(11-15-6-5-9-24-15)12-18(21)19-10-14-13-22-16-7-3-4-8-17(16)23-14/h3-9,14H,2,10-13H2,1H3,(H,19,21)/t14-/m0/s1. The van der Waals surface area contributed by atoms with E-state index in [2.05, 4.69) is 28.6 Å². The van der Waals surface area contributed by atoms with Crippen LogP contribution in [0.5, 0.6) is 11.5 Å². The summed E-state index contributed by atoms with van der Waals surface area (Å²) in [7, 11) is 0. The molecule has 6 heteroatoms. The molecule has 2 heterocycles. The zero-order valence-corrected chi connectivity index (χ0v) is 14.6. The first-order valence-corrected chi connectivity index (χ1v) is 9.02. The van der Waals surface area contributed by atoms with Crippen molar-refractivity contribution in [1.29, 1.82) is 0 Å². The third-order valence-corrected chi connectivity index (χ3v) is 4.73. The molecule has 0 radical (unpaired) electrons. The zero-order valence-electron chi connectivity index (χ0n) is 13.7. The molecule has 1 aromatic carbocycles. The molecule has 0 aliphatic carbocycles. The van der Waals surface area contributed by atoms with Gasteiger partial charge in [0.05, 0.1) is 13.1 Å². The predicted molar refractivity (Wildman–Crippen MR) is 94.6 cm³/mol. The van der Waals surface area contributed by atoms with Gasteiger partial charge in [-0.15, -0.1) is 11.3 Å². The molecule has 1 aliphatic heterocycles. The number of fused-ring (bicyclic) bond motifs is 1. The number of thiophene rings is 1. The molecule has 24 heavy (non-hydrogen) atoms. The fraction of sp³-hybridized carbons (Fsp3) is 0.389. The maximum Gasteiger partial charge on any atom is 0.234 e. The van der Waals surface area contributed by atoms with E-state index in [-0.39, 0.29) is 12.0 Å². The Labute approximate surface area is 146 Å². The molecule has 5 nitrogen and oxygen atoms in total. The summed E-state index contributed by atoms with van der Waals surface area (Å²) in [6, 6.07) is 11.7. The van der Waals surface area contributed by atoms with Gasteiger partial charge in [-0.2, -0.15) is 0 Å². The van der Waals surface area contributed by atoms with Crippen LogP contribution in [0.4, 0.5) is 0 Å². The Hall–Kier alpha value is -2.05. The fourth-order valence-corrected chi connectivity index (χ4v) is 3.30. The van der Waals surface area contributed by atoms with Crippen molar-refractivity contribution in [2.75, 3.05) is 26.2 Å². The van der Waals surface area contributed by atoms with E-state index < -0.39 is 0 Å². The fourth-order valence-electron chi connectivity index (χ4n) is 2.55. The maximum atomic E-state index is 12.2. The molecule has 0 spiro atoms. The highest BCUT2D eigenvalue weighted by molar-refractivity contribution is 7.09. The molecule has 0 saturated carbocycles. The molecule has 1 N–H and O–H groups in total. The lowest BCUT2D eigenvalue weighted by molar-refractivity contribution is -0.122. The number of carbonyl (C=O) groups is 1. The first-order valence-electron chi connectivity index (χ1n) is 8.14. The van der Waals surface area contributed by atoms with Crippen molar-refractivity contribution in [2.45, 2.75) is 19.6 Å². The molecule has 0 fully saturated rings. The zero-order chi connectivity index (χ0) is 16.8. The van der Waals surface area contributed by atoms with E-state index >= 15 is 0 Å². The molecular weight excluding hydrogens is 324 g/mol. The van der Waals surface area contributed by atoms with Crippen LogP contribution in [0, 0.1) is 0 Å². The first kappa shape index (κ1) is 16.8. The number of nitrogens with one attached hydrogen (secondary N) is 1. The van der Waals surface area contributed by atoms with Gasteiger partial charge in [0.2, 0.25) is 5.91 Å². The van der Waals surface area contributed by atoms with E-state index in [4.69, 9.17) is 9.47 Å². The third-order valence-electron chi connectivity index (χ3n) is 3.87. The van der Waals surface area contributed by atoms with Crippen LogP contribution in [0.2, 0.25) is 0 Å². The second kappa shape index (κ2) is 8.17. The van der Waals surface area contributed by atoms with E-state index in [0.29, 0.717) is 19.7 Å². The third kappa shape index (κ3) is 4.49. The van der Waals surface area contributed by atoms with Gasteiger partial charge in [0.25, 0.3) is 0 Å². The van der Waals surface area contributed by atoms with Crippen molar-refractivity contribution in [3.63, 3.8) is 0 Å². The van der Waals surface area contributed by atoms with Crippen LogP contribution in [0.15, 0.2) is 41.8 Å². The van der Waals surface area contributed by atoms with E-state index in [1.165, 1.54) is 4.88 Å². The highest BCUT2D eigenvalue weighted by Gasteiger charge is 2.21. The van der Waals surface area contributed by atoms with Crippen molar-refractivity contribution in [3.8, 4) is 11.5 Å². The number of hydrogen-bond donors (Lipinski definition) is 1. The molecule has 0 saturated heterocycles. The van der Waals surface area contributed by atoms with Gasteiger partial charge in [0.15, 0.2) is 11.5 Å². The number of benzene rings is 1. The van der Waals surface area contributed by atoms with Crippen LogP contribution in [0.1, 0.15) is 11.8 Å². The summed E-state index contributed by atoms with van der Waals surface area (Å²) in [4.78, 5) is 15.6. The Kier molecular flexibility index (Phi) is 5.72. The minimum atomic E-state index is -0.156. The van der Waals surface area contributed by atoms with Crippen molar-refractivity contribution in [2.24, 2.45) is 0 Å². The van der Waals surface area contributed by atoms with Gasteiger partial charge in [0, 0.05) is 11.4 Å². The summed E-state index contributed by atoms with van der Waals surface area (Å²) in [6.07, 6.45) is -0.156. The molecule has 1 atom stereocenters. The Morgan fingerprint density at radius 1 is 1.29 bits per heavy atom. The minimum Gasteiger partial charge on any atom is -0.486 e. The minimum absolute atomic E-state index is 0.0101. The molecule has 1 aromatic heterocycles. The van der Waals surface area contributed by atoms with Crippen LogP contribution in [-0.2, 0) is 11.3 Å². The Balaban J connectivity index is 1.44. The van der Waals surface area contributed by atoms with Gasteiger partial charge in [-0.3, -0.25) is 9.69 Å². The summed E-state index contributed by atoms with van der Waals surface area (Å²) >= 11 is 1.71. The summed E-state index contributed by atoms with van der Waals surface area (Å²) in [6.45, 7) is 4.99. The smallest absolute Gasteiger partial charge is 0.234 e. The molecule has 3 rings (SSSR count). The quantitative estimate of drug-likeness (QED) is 0.837. The Morgan fingerprint density at radius 3 is 2.88 bits per heavy atom. The number of amides is 1. The summed E-state index contributed by atoms with van der Waals surface area (Å²) in [5.41, 5.74) is 0. The van der Waals surface area contributed by atoms with Crippen molar-refractivity contribution in [3.05, 3.63) is 46.7 Å². The topological polar surface area (TPSA) is 50.8 Å². The largest absolute Gasteiger partial charge is 0.486 e. The van der Waals surface area contributed by atoms with Gasteiger partial charge in [-0.05, 0) is 30.1 Å². The second-order valence-corrected chi connectivity index (χ2v) is 6.72. The lowest BCUT2D eigenvalue weighted by Crippen LogP contribution is -2.44. The van der Waals surface area contributed by atoms with E-state index in [0.717, 1.165) is 24.6 Å². The number of nitrogens with zero attached hydrogens (tertiary/aromatic N) is 1. The number of para-hydroxylation sites is 2. The lowest BCUT2D eigenvalue weighted by Gasteiger charge is -2.27. The molecule has 1 amide bonds. The summed E-state index contributed by atoms with van der Waals surface area (Å²) in [5.74, 6) is 1.50. The normalized spacial score (nSPS) is 16.2. The first-order chi connectivity index (χ1) is 11.7. The van der Waals surface area contributed by atoms with Crippen LogP contribution in [0.3, 0.4) is 0 Å². The second-order valence-electron chi connectivity index (χ2n) is 5.68. The van der Waals surface area contributed by atoms with E-state index in [1.54, 1.807) is 11.3 Å². The Morgan fingerprint density at radius 2 is 2.12 bits per heavy atom. The van der Waals surface area contributed by atoms with Crippen LogP contribution in [0.25, 0.3) is 0 Å². The van der Waals surface area contributed by atoms with Gasteiger partial charge >= 0.3 is 0 Å². The van der Waals surface area contributed by atoms with E-state index in [1.807, 2.05) is 30.3 Å². The van der Waals surface area contributed by atoms with Crippen molar-refractivity contribution < 1.29 is 14.3 Å². The molecule has 0 bridgehead atoms. The highest BCUT2D eigenvalue weighted by atomic mass is 32.1. The van der Waals surface area contributed by atoms with Crippen LogP contribution < -0.4 is 14.8 Å². The van der Waals surface area contributed by atoms with Gasteiger partial charge in [0.1, 0.15) is 12.7 Å². The molecule has 1 aliphatic rings. The van der Waals surface area contributed by atoms with Crippen molar-refractivity contribution in [1.82, 2.24) is 10.2 Å². The Bertz CT molecular complexity index is 660. The summed E-state index contributed by atoms with van der Waals surface area (Å²) in [5, 5.41) is 5.00. The molecule has 0 unspecified atom stereocenters. The van der Waals surface area contributed by atoms with Crippen LogP contribution >= 0.6 is 11.3 Å². The number of carbonyl (C=O) groups excluding carboxylic acids is 1. The number of likely N-dealkylation sites (N-methyl/N-ethyl adjacent to an activating group) is 1. The maximum absolute atomic E-state index is 12.2. The average Bonchev–Trinajstić information content (AvgIpc) is 3.12. The SMILES string of the molecule is CCN(CC(=O)NC[C@H]1COc2ccccc2O1)Cc1cccs1. The molecule has 2 aromatic rings. The lowest BCUT2D eigenvalue weighted by atomic mass is 10.2. The van der Waals surface area contributed by atoms with E-state index in [9.17, 15) is 4.79 Å². The van der Waals surface area contributed by atoms with Gasteiger partial charge < -0.3 is 14.8 Å².